The number of hydrogen-bond donors (Lipinski definition) is 0. The summed E-state index contributed by atoms with van der Waals surface area (Å²) in [5.41, 5.74) is 1.66. The molecule has 0 saturated carbocycles. The topological polar surface area (TPSA) is 62.6 Å². The summed E-state index contributed by atoms with van der Waals surface area (Å²) in [6, 6.07) is 1.72. The summed E-state index contributed by atoms with van der Waals surface area (Å²) in [5, 5.41) is 2.26. The van der Waals surface area contributed by atoms with Gasteiger partial charge in [-0.15, -0.1) is 11.3 Å². The average Bonchev–Trinajstić information content (AvgIpc) is 3.33. The van der Waals surface area contributed by atoms with Crippen molar-refractivity contribution in [3.05, 3.63) is 54.6 Å². The third-order valence-electron chi connectivity index (χ3n) is 5.27. The molecular weight excluding hydrogens is 386 g/mol. The number of halogens is 1. The van der Waals surface area contributed by atoms with E-state index >= 15 is 0 Å². The van der Waals surface area contributed by atoms with Crippen LogP contribution in [0.1, 0.15) is 44.0 Å². The summed E-state index contributed by atoms with van der Waals surface area (Å²) in [7, 11) is 1.65. The molecule has 0 N–H and O–H groups in total. The highest BCUT2D eigenvalue weighted by Gasteiger charge is 2.31. The molecule has 0 atom stereocenters. The summed E-state index contributed by atoms with van der Waals surface area (Å²) in [5.74, 6) is -0.284. The van der Waals surface area contributed by atoms with Gasteiger partial charge in [-0.05, 0) is 41.8 Å². The summed E-state index contributed by atoms with van der Waals surface area (Å²) in [6.07, 6.45) is 4.19. The normalized spacial score (nSPS) is 16.5. The second kappa shape index (κ2) is 7.13. The molecule has 1 saturated heterocycles. The van der Waals surface area contributed by atoms with E-state index in [-0.39, 0.29) is 22.9 Å². The summed E-state index contributed by atoms with van der Waals surface area (Å²) >= 11 is 7.43. The summed E-state index contributed by atoms with van der Waals surface area (Å²) in [4.78, 5) is 42.5. The molecule has 2 amide bonds. The molecular formula is C19H20ClN3O3S. The fraction of sp³-hybridized carbons (Fsp3) is 0.421. The van der Waals surface area contributed by atoms with Gasteiger partial charge in [0, 0.05) is 39.4 Å². The molecule has 0 aliphatic carbocycles. The number of carbonyl (C=O) groups is 2. The Labute approximate surface area is 166 Å². The molecule has 4 heterocycles. The van der Waals surface area contributed by atoms with Crippen LogP contribution in [0, 0.1) is 0 Å². The Morgan fingerprint density at radius 2 is 1.85 bits per heavy atom. The van der Waals surface area contributed by atoms with E-state index in [2.05, 4.69) is 0 Å². The van der Waals surface area contributed by atoms with Crippen LogP contribution in [-0.4, -0.2) is 45.8 Å². The Balaban J connectivity index is 1.68. The van der Waals surface area contributed by atoms with Crippen molar-refractivity contribution in [2.45, 2.75) is 25.8 Å². The van der Waals surface area contributed by atoms with Crippen LogP contribution < -0.4 is 5.56 Å². The number of likely N-dealkylation sites (tertiary alicyclic amines) is 1. The van der Waals surface area contributed by atoms with Crippen molar-refractivity contribution in [2.75, 3.05) is 19.6 Å². The van der Waals surface area contributed by atoms with E-state index in [0.29, 0.717) is 42.5 Å². The number of pyridine rings is 1. The van der Waals surface area contributed by atoms with Gasteiger partial charge < -0.3 is 14.4 Å². The second-order valence-corrected chi connectivity index (χ2v) is 8.32. The van der Waals surface area contributed by atoms with E-state index in [1.54, 1.807) is 34.5 Å². The van der Waals surface area contributed by atoms with Gasteiger partial charge in [0.15, 0.2) is 0 Å². The predicted molar refractivity (Wildman–Crippen MR) is 105 cm³/mol. The standard InChI is InChI=1S/C19H20ClN3O3S/c1-21-10-12-11-23(19(26)16-14(20)5-9-27-16)8-4-13(12)15(17(21)24)18(25)22-6-2-3-7-22/h5,9-10H,2-4,6-8,11H2,1H3. The average molecular weight is 406 g/mol. The molecule has 0 spiro atoms. The van der Waals surface area contributed by atoms with Crippen molar-refractivity contribution in [2.24, 2.45) is 7.05 Å². The fourth-order valence-electron chi connectivity index (χ4n) is 3.85. The third kappa shape index (κ3) is 3.19. The van der Waals surface area contributed by atoms with Crippen LogP contribution in [0.2, 0.25) is 5.02 Å². The highest BCUT2D eigenvalue weighted by Crippen LogP contribution is 2.28. The van der Waals surface area contributed by atoms with E-state index < -0.39 is 0 Å². The number of nitrogens with zero attached hydrogens (tertiary/aromatic N) is 3. The minimum Gasteiger partial charge on any atom is -0.338 e. The summed E-state index contributed by atoms with van der Waals surface area (Å²) in [6.45, 7) is 2.24. The quantitative estimate of drug-likeness (QED) is 0.771. The number of thiophene rings is 1. The minimum atomic E-state index is -0.258. The molecule has 2 aliphatic heterocycles. The number of hydrogen-bond acceptors (Lipinski definition) is 4. The Bertz CT molecular complexity index is 975. The van der Waals surface area contributed by atoms with Crippen molar-refractivity contribution >= 4 is 34.8 Å². The zero-order chi connectivity index (χ0) is 19.1. The van der Waals surface area contributed by atoms with Gasteiger partial charge in [0.1, 0.15) is 10.4 Å². The molecule has 0 unspecified atom stereocenters. The molecule has 2 aromatic heterocycles. The largest absolute Gasteiger partial charge is 0.338 e. The van der Waals surface area contributed by atoms with Crippen molar-refractivity contribution in [1.82, 2.24) is 14.4 Å². The second-order valence-electron chi connectivity index (χ2n) is 7.00. The van der Waals surface area contributed by atoms with Crippen LogP contribution >= 0.6 is 22.9 Å². The van der Waals surface area contributed by atoms with Crippen LogP contribution in [0.5, 0.6) is 0 Å². The van der Waals surface area contributed by atoms with Gasteiger partial charge in [-0.1, -0.05) is 11.6 Å². The number of aryl methyl sites for hydroxylation is 1. The van der Waals surface area contributed by atoms with Crippen LogP contribution in [0.25, 0.3) is 0 Å². The zero-order valence-corrected chi connectivity index (χ0v) is 16.6. The lowest BCUT2D eigenvalue weighted by atomic mass is 9.95. The fourth-order valence-corrected chi connectivity index (χ4v) is 4.95. The molecule has 1 fully saturated rings. The van der Waals surface area contributed by atoms with Crippen molar-refractivity contribution in [3.63, 3.8) is 0 Å². The van der Waals surface area contributed by atoms with Crippen molar-refractivity contribution in [3.8, 4) is 0 Å². The molecule has 2 aromatic rings. The van der Waals surface area contributed by atoms with Crippen molar-refractivity contribution < 1.29 is 9.59 Å². The van der Waals surface area contributed by atoms with E-state index in [0.717, 1.165) is 24.0 Å². The number of fused-ring (bicyclic) bond motifs is 1. The molecule has 2 aliphatic rings. The first kappa shape index (κ1) is 18.3. The first-order valence-corrected chi connectivity index (χ1v) is 10.3. The van der Waals surface area contributed by atoms with E-state index in [9.17, 15) is 14.4 Å². The zero-order valence-electron chi connectivity index (χ0n) is 15.0. The Morgan fingerprint density at radius 1 is 1.11 bits per heavy atom. The molecule has 4 rings (SSSR count). The monoisotopic (exact) mass is 405 g/mol. The molecule has 142 valence electrons. The maximum absolute atomic E-state index is 13.0. The number of aromatic nitrogens is 1. The van der Waals surface area contributed by atoms with E-state index in [1.807, 2.05) is 0 Å². The van der Waals surface area contributed by atoms with Gasteiger partial charge in [0.2, 0.25) is 0 Å². The van der Waals surface area contributed by atoms with Crippen LogP contribution in [0.4, 0.5) is 0 Å². The van der Waals surface area contributed by atoms with Gasteiger partial charge >= 0.3 is 0 Å². The van der Waals surface area contributed by atoms with Gasteiger partial charge in [0.05, 0.1) is 5.02 Å². The lowest BCUT2D eigenvalue weighted by molar-refractivity contribution is 0.0738. The van der Waals surface area contributed by atoms with Crippen molar-refractivity contribution in [1.29, 1.82) is 0 Å². The Kier molecular flexibility index (Phi) is 4.82. The molecule has 0 aromatic carbocycles. The highest BCUT2D eigenvalue weighted by molar-refractivity contribution is 7.12. The lowest BCUT2D eigenvalue weighted by Gasteiger charge is -2.30. The van der Waals surface area contributed by atoms with Crippen LogP contribution in [0.3, 0.4) is 0 Å². The predicted octanol–water partition coefficient (Wildman–Crippen LogP) is 2.53. The highest BCUT2D eigenvalue weighted by atomic mass is 35.5. The van der Waals surface area contributed by atoms with E-state index in [4.69, 9.17) is 11.6 Å². The molecule has 0 bridgehead atoms. The number of carbonyl (C=O) groups excluding carboxylic acids is 2. The smallest absolute Gasteiger partial charge is 0.265 e. The molecule has 27 heavy (non-hydrogen) atoms. The lowest BCUT2D eigenvalue weighted by Crippen LogP contribution is -2.41. The SMILES string of the molecule is Cn1cc2c(c(C(=O)N3CCCC3)c1=O)CCN(C(=O)c1sccc1Cl)C2. The number of rotatable bonds is 2. The minimum absolute atomic E-state index is 0.109. The number of amides is 2. The van der Waals surface area contributed by atoms with Gasteiger partial charge in [-0.3, -0.25) is 14.4 Å². The Morgan fingerprint density at radius 3 is 2.52 bits per heavy atom. The molecule has 8 heteroatoms. The first-order valence-electron chi connectivity index (χ1n) is 9.00. The van der Waals surface area contributed by atoms with Gasteiger partial charge in [-0.2, -0.15) is 0 Å². The van der Waals surface area contributed by atoms with Crippen LogP contribution in [0.15, 0.2) is 22.4 Å². The van der Waals surface area contributed by atoms with Gasteiger partial charge in [0.25, 0.3) is 17.4 Å². The maximum Gasteiger partial charge on any atom is 0.265 e. The Hall–Kier alpha value is -2.12. The van der Waals surface area contributed by atoms with E-state index in [1.165, 1.54) is 15.9 Å². The third-order valence-corrected chi connectivity index (χ3v) is 6.60. The first-order chi connectivity index (χ1) is 13.0. The van der Waals surface area contributed by atoms with Crippen LogP contribution in [-0.2, 0) is 20.0 Å². The van der Waals surface area contributed by atoms with Gasteiger partial charge in [-0.25, -0.2) is 0 Å². The molecule has 0 radical (unpaired) electrons. The maximum atomic E-state index is 13.0. The molecule has 6 nitrogen and oxygen atoms in total. The summed E-state index contributed by atoms with van der Waals surface area (Å²) < 4.78 is 1.45.